The minimum Gasteiger partial charge on any atom is -0.360 e. The minimum absolute atomic E-state index is 0.0495. The Bertz CT molecular complexity index is 972. The molecule has 1 atom stereocenters. The Morgan fingerprint density at radius 2 is 1.96 bits per heavy atom. The molecule has 1 amide bonds. The van der Waals surface area contributed by atoms with Crippen LogP contribution >= 0.6 is 0 Å². The van der Waals surface area contributed by atoms with Gasteiger partial charge in [0.25, 0.3) is 5.91 Å². The topological polar surface area (TPSA) is 83.8 Å². The lowest BCUT2D eigenvalue weighted by Crippen LogP contribution is -2.26. The van der Waals surface area contributed by atoms with Crippen molar-refractivity contribution in [2.24, 2.45) is 0 Å². The first-order chi connectivity index (χ1) is 12.7. The first kappa shape index (κ1) is 15.3. The van der Waals surface area contributed by atoms with Crippen LogP contribution in [0.2, 0.25) is 0 Å². The summed E-state index contributed by atoms with van der Waals surface area (Å²) in [5.41, 5.74) is 2.75. The Morgan fingerprint density at radius 3 is 2.73 bits per heavy atom. The van der Waals surface area contributed by atoms with Crippen molar-refractivity contribution in [2.45, 2.75) is 31.1 Å². The molecular formula is C19H17FN4O2. The van der Waals surface area contributed by atoms with Gasteiger partial charge in [-0.25, -0.2) is 9.37 Å². The van der Waals surface area contributed by atoms with E-state index in [1.807, 2.05) is 6.07 Å². The second-order valence-corrected chi connectivity index (χ2v) is 6.96. The van der Waals surface area contributed by atoms with Gasteiger partial charge >= 0.3 is 0 Å². The molecule has 1 fully saturated rings. The van der Waals surface area contributed by atoms with Gasteiger partial charge in [0, 0.05) is 30.1 Å². The number of aromatic amines is 1. The Kier molecular flexibility index (Phi) is 3.41. The number of aromatic nitrogens is 3. The van der Waals surface area contributed by atoms with E-state index in [1.54, 1.807) is 12.1 Å². The third-order valence-electron chi connectivity index (χ3n) is 5.05. The highest BCUT2D eigenvalue weighted by atomic mass is 19.1. The first-order valence-corrected chi connectivity index (χ1v) is 8.77. The SMILES string of the molecule is O=C1NC[C@@H](c2ccc(F)cc2)Cc2[nH]c(-c3cc(C4CC4)on3)nc21. The molecule has 2 aliphatic rings. The van der Waals surface area contributed by atoms with E-state index >= 15 is 0 Å². The summed E-state index contributed by atoms with van der Waals surface area (Å²) >= 11 is 0. The number of carbonyl (C=O) groups is 1. The standard InChI is InChI=1S/C19H17FN4O2/c20-13-5-3-10(4-6-13)12-7-14-17(19(25)21-9-12)23-18(22-14)15-8-16(26-24-15)11-1-2-11/h3-6,8,11-12H,1-2,7,9H2,(H,21,25)(H,22,23)/t12-/m0/s1. The summed E-state index contributed by atoms with van der Waals surface area (Å²) in [4.78, 5) is 20.1. The van der Waals surface area contributed by atoms with E-state index in [0.29, 0.717) is 36.1 Å². The van der Waals surface area contributed by atoms with Crippen molar-refractivity contribution in [1.82, 2.24) is 20.4 Å². The summed E-state index contributed by atoms with van der Waals surface area (Å²) in [5, 5.41) is 6.99. The predicted molar refractivity (Wildman–Crippen MR) is 91.2 cm³/mol. The van der Waals surface area contributed by atoms with Crippen LogP contribution in [-0.2, 0) is 6.42 Å². The quantitative estimate of drug-likeness (QED) is 0.758. The smallest absolute Gasteiger partial charge is 0.271 e. The second-order valence-electron chi connectivity index (χ2n) is 6.96. The van der Waals surface area contributed by atoms with E-state index in [2.05, 4.69) is 20.4 Å². The predicted octanol–water partition coefficient (Wildman–Crippen LogP) is 3.15. The number of fused-ring (bicyclic) bond motifs is 1. The van der Waals surface area contributed by atoms with Crippen LogP contribution in [0.3, 0.4) is 0 Å². The van der Waals surface area contributed by atoms with Crippen LogP contribution in [0.4, 0.5) is 4.39 Å². The van der Waals surface area contributed by atoms with Crippen LogP contribution in [0.1, 0.15) is 52.2 Å². The molecule has 7 heteroatoms. The molecule has 0 bridgehead atoms. The molecule has 132 valence electrons. The summed E-state index contributed by atoms with van der Waals surface area (Å²) < 4.78 is 18.6. The number of carbonyl (C=O) groups excluding carboxylic acids is 1. The van der Waals surface area contributed by atoms with Gasteiger partial charge < -0.3 is 14.8 Å². The van der Waals surface area contributed by atoms with E-state index in [4.69, 9.17) is 4.52 Å². The third-order valence-corrected chi connectivity index (χ3v) is 5.05. The van der Waals surface area contributed by atoms with Crippen LogP contribution in [0.5, 0.6) is 0 Å². The highest BCUT2D eigenvalue weighted by Gasteiger charge is 2.30. The molecule has 3 heterocycles. The maximum Gasteiger partial charge on any atom is 0.271 e. The molecule has 0 spiro atoms. The number of nitrogens with zero attached hydrogens (tertiary/aromatic N) is 2. The van der Waals surface area contributed by atoms with Crippen LogP contribution in [0.25, 0.3) is 11.5 Å². The Balaban J connectivity index is 1.46. The number of amides is 1. The first-order valence-electron chi connectivity index (χ1n) is 8.77. The van der Waals surface area contributed by atoms with Gasteiger partial charge in [-0.15, -0.1) is 0 Å². The molecule has 0 unspecified atom stereocenters. The number of halogens is 1. The number of imidazole rings is 1. The zero-order valence-corrected chi connectivity index (χ0v) is 14.0. The average molecular weight is 352 g/mol. The van der Waals surface area contributed by atoms with Crippen molar-refractivity contribution in [3.63, 3.8) is 0 Å². The maximum absolute atomic E-state index is 13.2. The average Bonchev–Trinajstić information content (AvgIpc) is 3.26. The largest absolute Gasteiger partial charge is 0.360 e. The molecule has 0 saturated heterocycles. The second kappa shape index (κ2) is 5.79. The maximum atomic E-state index is 13.2. The minimum atomic E-state index is -0.270. The molecule has 6 nitrogen and oxygen atoms in total. The lowest BCUT2D eigenvalue weighted by Gasteiger charge is -2.14. The van der Waals surface area contributed by atoms with Gasteiger partial charge in [-0.05, 0) is 37.0 Å². The zero-order chi connectivity index (χ0) is 17.7. The molecule has 3 aromatic rings. The molecule has 1 aromatic carbocycles. The number of hydrogen-bond donors (Lipinski definition) is 2. The highest BCUT2D eigenvalue weighted by Crippen LogP contribution is 2.41. The van der Waals surface area contributed by atoms with Gasteiger partial charge in [0.1, 0.15) is 23.0 Å². The number of hydrogen-bond acceptors (Lipinski definition) is 4. The fraction of sp³-hybridized carbons (Fsp3) is 0.316. The Hall–Kier alpha value is -2.96. The highest BCUT2D eigenvalue weighted by molar-refractivity contribution is 5.94. The molecule has 0 radical (unpaired) electrons. The van der Waals surface area contributed by atoms with Crippen molar-refractivity contribution in [3.05, 3.63) is 58.9 Å². The number of H-pyrrole nitrogens is 1. The van der Waals surface area contributed by atoms with E-state index in [9.17, 15) is 9.18 Å². The molecule has 5 rings (SSSR count). The van der Waals surface area contributed by atoms with E-state index < -0.39 is 0 Å². The normalized spacial score (nSPS) is 19.7. The van der Waals surface area contributed by atoms with E-state index in [1.165, 1.54) is 12.1 Å². The monoisotopic (exact) mass is 352 g/mol. The summed E-state index contributed by atoms with van der Waals surface area (Å²) in [6, 6.07) is 8.29. The van der Waals surface area contributed by atoms with Crippen molar-refractivity contribution < 1.29 is 13.7 Å². The van der Waals surface area contributed by atoms with Gasteiger partial charge in [0.05, 0.1) is 0 Å². The fourth-order valence-corrected chi connectivity index (χ4v) is 3.42. The number of benzene rings is 1. The van der Waals surface area contributed by atoms with Crippen molar-refractivity contribution in [1.29, 1.82) is 0 Å². The Labute approximate surface area is 148 Å². The fourth-order valence-electron chi connectivity index (χ4n) is 3.42. The lowest BCUT2D eigenvalue weighted by molar-refractivity contribution is 0.0950. The van der Waals surface area contributed by atoms with Crippen LogP contribution in [0, 0.1) is 5.82 Å². The molecule has 2 aromatic heterocycles. The lowest BCUT2D eigenvalue weighted by atomic mass is 9.94. The number of nitrogens with one attached hydrogen (secondary N) is 2. The summed E-state index contributed by atoms with van der Waals surface area (Å²) in [7, 11) is 0. The number of rotatable bonds is 3. The van der Waals surface area contributed by atoms with Gasteiger partial charge in [-0.3, -0.25) is 4.79 Å². The zero-order valence-electron chi connectivity index (χ0n) is 14.0. The third kappa shape index (κ3) is 2.69. The van der Waals surface area contributed by atoms with Crippen molar-refractivity contribution >= 4 is 5.91 Å². The van der Waals surface area contributed by atoms with Crippen LogP contribution < -0.4 is 5.32 Å². The molecule has 2 N–H and O–H groups in total. The molecule has 1 aliphatic heterocycles. The molecule has 1 aliphatic carbocycles. The van der Waals surface area contributed by atoms with E-state index in [0.717, 1.165) is 29.9 Å². The Morgan fingerprint density at radius 1 is 1.15 bits per heavy atom. The van der Waals surface area contributed by atoms with E-state index in [-0.39, 0.29) is 17.6 Å². The molecule has 1 saturated carbocycles. The summed E-state index contributed by atoms with van der Waals surface area (Å²) in [6.45, 7) is 0.486. The van der Waals surface area contributed by atoms with Crippen molar-refractivity contribution in [2.75, 3.05) is 6.54 Å². The van der Waals surface area contributed by atoms with Gasteiger partial charge in [0.15, 0.2) is 5.82 Å². The van der Waals surface area contributed by atoms with Crippen LogP contribution in [-0.4, -0.2) is 27.6 Å². The molecular weight excluding hydrogens is 335 g/mol. The van der Waals surface area contributed by atoms with Crippen LogP contribution in [0.15, 0.2) is 34.9 Å². The van der Waals surface area contributed by atoms with Gasteiger partial charge in [-0.2, -0.15) is 0 Å². The van der Waals surface area contributed by atoms with Gasteiger partial charge in [-0.1, -0.05) is 17.3 Å². The summed E-state index contributed by atoms with van der Waals surface area (Å²) in [6.07, 6.45) is 2.87. The summed E-state index contributed by atoms with van der Waals surface area (Å²) in [5.74, 6) is 1.45. The van der Waals surface area contributed by atoms with Crippen molar-refractivity contribution in [3.8, 4) is 11.5 Å². The van der Waals surface area contributed by atoms with Gasteiger partial charge in [0.2, 0.25) is 0 Å². The molecule has 26 heavy (non-hydrogen) atoms.